The number of benzene rings is 1. The summed E-state index contributed by atoms with van der Waals surface area (Å²) in [5.41, 5.74) is 5.53. The smallest absolute Gasteiger partial charge is 0.247 e. The lowest BCUT2D eigenvalue weighted by Crippen LogP contribution is -2.06. The number of anilines is 1. The van der Waals surface area contributed by atoms with Crippen LogP contribution in [0.15, 0.2) is 92.3 Å². The molecule has 166 valence electrons. The van der Waals surface area contributed by atoms with Gasteiger partial charge in [0, 0.05) is 40.8 Å². The Labute approximate surface area is 195 Å². The number of nitrogens with one attached hydrogen (secondary N) is 2. The van der Waals surface area contributed by atoms with Crippen LogP contribution in [-0.2, 0) is 11.4 Å². The number of H-pyrrole nitrogens is 1. The molecule has 0 saturated heterocycles. The molecule has 0 atom stereocenters. The summed E-state index contributed by atoms with van der Waals surface area (Å²) in [7, 11) is 0. The number of nitrogens with zero attached hydrogens (tertiary/aromatic N) is 4. The van der Waals surface area contributed by atoms with Crippen LogP contribution >= 0.6 is 0 Å². The van der Waals surface area contributed by atoms with Gasteiger partial charge in [-0.2, -0.15) is 0 Å². The number of amides is 1. The van der Waals surface area contributed by atoms with Crippen LogP contribution in [0, 0.1) is 0 Å². The van der Waals surface area contributed by atoms with Crippen LogP contribution in [-0.4, -0.2) is 30.8 Å². The monoisotopic (exact) mass is 448 g/mol. The zero-order chi connectivity index (χ0) is 23.3. The van der Waals surface area contributed by atoms with Gasteiger partial charge in [-0.15, -0.1) is 0 Å². The van der Waals surface area contributed by atoms with Gasteiger partial charge in [-0.05, 0) is 42.0 Å². The highest BCUT2D eigenvalue weighted by molar-refractivity contribution is 5.99. The van der Waals surface area contributed by atoms with Gasteiger partial charge in [0.1, 0.15) is 24.3 Å². The Kier molecular flexibility index (Phi) is 5.77. The second-order valence-corrected chi connectivity index (χ2v) is 7.44. The van der Waals surface area contributed by atoms with Crippen molar-refractivity contribution in [3.63, 3.8) is 0 Å². The molecular weight excluding hydrogens is 428 g/mol. The van der Waals surface area contributed by atoms with Gasteiger partial charge >= 0.3 is 0 Å². The van der Waals surface area contributed by atoms with Crippen molar-refractivity contribution in [3.05, 3.63) is 98.0 Å². The number of aromatic amines is 1. The van der Waals surface area contributed by atoms with Gasteiger partial charge in [0.05, 0.1) is 11.9 Å². The molecule has 0 radical (unpaired) electrons. The number of carbonyl (C=O) groups excluding carboxylic acids is 1. The molecular formula is C26H20N6O2. The molecule has 0 bridgehead atoms. The highest BCUT2D eigenvalue weighted by Crippen LogP contribution is 2.34. The van der Waals surface area contributed by atoms with E-state index < -0.39 is 0 Å². The van der Waals surface area contributed by atoms with E-state index in [9.17, 15) is 4.79 Å². The standard InChI is InChI=1S/C26H20N6O2/c1-2-24(33)32-19-8-5-6-17(10-19)18-11-21-22(13-30-26(21)29-12-18)25-23(14-27-16-31-25)34-15-20-7-3-4-9-28-20/h2-14,16H,1,15H2,(H,29,30)(H,32,33). The Morgan fingerprint density at radius 2 is 2.00 bits per heavy atom. The molecule has 4 aromatic heterocycles. The van der Waals surface area contributed by atoms with E-state index >= 15 is 0 Å². The number of aromatic nitrogens is 5. The third-order valence-electron chi connectivity index (χ3n) is 5.22. The Morgan fingerprint density at radius 3 is 2.85 bits per heavy atom. The third-order valence-corrected chi connectivity index (χ3v) is 5.22. The quantitative estimate of drug-likeness (QED) is 0.347. The fraction of sp³-hybridized carbons (Fsp3) is 0.0385. The van der Waals surface area contributed by atoms with Crippen molar-refractivity contribution in [2.45, 2.75) is 6.61 Å². The summed E-state index contributed by atoms with van der Waals surface area (Å²) in [6, 6.07) is 15.3. The second-order valence-electron chi connectivity index (χ2n) is 7.44. The largest absolute Gasteiger partial charge is 0.483 e. The van der Waals surface area contributed by atoms with Gasteiger partial charge in [-0.1, -0.05) is 24.8 Å². The van der Waals surface area contributed by atoms with Gasteiger partial charge in [0.2, 0.25) is 5.91 Å². The van der Waals surface area contributed by atoms with Crippen LogP contribution in [0.3, 0.4) is 0 Å². The summed E-state index contributed by atoms with van der Waals surface area (Å²) in [5.74, 6) is 0.286. The summed E-state index contributed by atoms with van der Waals surface area (Å²) in [6.07, 6.45) is 9.75. The van der Waals surface area contributed by atoms with E-state index in [2.05, 4.69) is 36.8 Å². The first-order valence-corrected chi connectivity index (χ1v) is 10.6. The second kappa shape index (κ2) is 9.33. The van der Waals surface area contributed by atoms with Crippen molar-refractivity contribution in [1.82, 2.24) is 24.9 Å². The van der Waals surface area contributed by atoms with E-state index in [1.165, 1.54) is 12.4 Å². The summed E-state index contributed by atoms with van der Waals surface area (Å²) in [5, 5.41) is 3.67. The summed E-state index contributed by atoms with van der Waals surface area (Å²) in [4.78, 5) is 32.4. The first-order chi connectivity index (χ1) is 16.7. The number of hydrogen-bond acceptors (Lipinski definition) is 6. The van der Waals surface area contributed by atoms with E-state index in [1.54, 1.807) is 18.6 Å². The first kappa shape index (κ1) is 21.0. The SMILES string of the molecule is C=CC(=O)Nc1cccc(-c2cnc3[nH]cc(-c4ncncc4OCc4ccccn4)c3c2)c1. The Hall–Kier alpha value is -4.85. The van der Waals surface area contributed by atoms with Crippen LogP contribution in [0.25, 0.3) is 33.4 Å². The number of carbonyl (C=O) groups is 1. The average molecular weight is 448 g/mol. The molecule has 8 nitrogen and oxygen atoms in total. The van der Waals surface area contributed by atoms with Crippen LogP contribution in [0.2, 0.25) is 0 Å². The topological polar surface area (TPSA) is 106 Å². The predicted octanol–water partition coefficient (Wildman–Crippen LogP) is 4.79. The highest BCUT2D eigenvalue weighted by atomic mass is 16.5. The molecule has 1 amide bonds. The fourth-order valence-corrected chi connectivity index (χ4v) is 3.59. The minimum atomic E-state index is -0.263. The molecule has 4 heterocycles. The molecule has 0 unspecified atom stereocenters. The molecule has 34 heavy (non-hydrogen) atoms. The van der Waals surface area contributed by atoms with E-state index in [1.807, 2.05) is 54.7 Å². The molecule has 0 saturated carbocycles. The fourth-order valence-electron chi connectivity index (χ4n) is 3.59. The Morgan fingerprint density at radius 1 is 1.06 bits per heavy atom. The number of hydrogen-bond donors (Lipinski definition) is 2. The van der Waals surface area contributed by atoms with Gasteiger partial charge in [-0.25, -0.2) is 15.0 Å². The zero-order valence-corrected chi connectivity index (χ0v) is 18.1. The molecule has 1 aromatic carbocycles. The number of pyridine rings is 2. The number of ether oxygens (including phenoxy) is 1. The molecule has 0 aliphatic heterocycles. The van der Waals surface area contributed by atoms with Gasteiger partial charge < -0.3 is 15.0 Å². The minimum Gasteiger partial charge on any atom is -0.483 e. The maximum Gasteiger partial charge on any atom is 0.247 e. The van der Waals surface area contributed by atoms with E-state index in [0.717, 1.165) is 33.4 Å². The van der Waals surface area contributed by atoms with Crippen molar-refractivity contribution in [2.75, 3.05) is 5.32 Å². The maximum atomic E-state index is 11.7. The van der Waals surface area contributed by atoms with Crippen LogP contribution < -0.4 is 10.1 Å². The first-order valence-electron chi connectivity index (χ1n) is 10.6. The van der Waals surface area contributed by atoms with Crippen LogP contribution in [0.5, 0.6) is 5.75 Å². The highest BCUT2D eigenvalue weighted by Gasteiger charge is 2.15. The molecule has 5 aromatic rings. The summed E-state index contributed by atoms with van der Waals surface area (Å²) < 4.78 is 6.00. The molecule has 0 fully saturated rings. The van der Waals surface area contributed by atoms with Crippen LogP contribution in [0.1, 0.15) is 5.69 Å². The third kappa shape index (κ3) is 4.37. The molecule has 0 aliphatic carbocycles. The molecule has 8 heteroatoms. The van der Waals surface area contributed by atoms with E-state index in [4.69, 9.17) is 4.74 Å². The van der Waals surface area contributed by atoms with Crippen molar-refractivity contribution < 1.29 is 9.53 Å². The molecule has 0 aliphatic rings. The molecule has 2 N–H and O–H groups in total. The van der Waals surface area contributed by atoms with Crippen molar-refractivity contribution in [2.24, 2.45) is 0 Å². The summed E-state index contributed by atoms with van der Waals surface area (Å²) in [6.45, 7) is 3.79. The van der Waals surface area contributed by atoms with Gasteiger partial charge in [0.15, 0.2) is 5.75 Å². The normalized spacial score (nSPS) is 10.7. The van der Waals surface area contributed by atoms with Crippen LogP contribution in [0.4, 0.5) is 5.69 Å². The van der Waals surface area contributed by atoms with Gasteiger partial charge in [0.25, 0.3) is 0 Å². The average Bonchev–Trinajstić information content (AvgIpc) is 3.31. The molecule has 5 rings (SSSR count). The zero-order valence-electron chi connectivity index (χ0n) is 18.1. The predicted molar refractivity (Wildman–Crippen MR) is 130 cm³/mol. The maximum absolute atomic E-state index is 11.7. The van der Waals surface area contributed by atoms with E-state index in [0.29, 0.717) is 23.7 Å². The van der Waals surface area contributed by atoms with Crippen molar-refractivity contribution >= 4 is 22.6 Å². The number of fused-ring (bicyclic) bond motifs is 1. The lowest BCUT2D eigenvalue weighted by Gasteiger charge is -2.10. The Bertz CT molecular complexity index is 1480. The lowest BCUT2D eigenvalue weighted by molar-refractivity contribution is -0.111. The molecule has 0 spiro atoms. The Balaban J connectivity index is 1.50. The number of rotatable bonds is 7. The van der Waals surface area contributed by atoms with Gasteiger partial charge in [-0.3, -0.25) is 9.78 Å². The minimum absolute atomic E-state index is 0.263. The summed E-state index contributed by atoms with van der Waals surface area (Å²) >= 11 is 0. The van der Waals surface area contributed by atoms with E-state index in [-0.39, 0.29) is 5.91 Å². The lowest BCUT2D eigenvalue weighted by atomic mass is 10.0. The van der Waals surface area contributed by atoms with Crippen molar-refractivity contribution in [1.29, 1.82) is 0 Å². The van der Waals surface area contributed by atoms with Crippen molar-refractivity contribution in [3.8, 4) is 28.1 Å².